The lowest BCUT2D eigenvalue weighted by Crippen LogP contribution is -2.50. The van der Waals surface area contributed by atoms with E-state index in [2.05, 4.69) is 37.9 Å². The first-order valence-electron chi connectivity index (χ1n) is 5.79. The van der Waals surface area contributed by atoms with E-state index >= 15 is 0 Å². The summed E-state index contributed by atoms with van der Waals surface area (Å²) in [6.45, 7) is 13.3. The van der Waals surface area contributed by atoms with E-state index in [9.17, 15) is 0 Å². The molecule has 14 heavy (non-hydrogen) atoms. The van der Waals surface area contributed by atoms with Crippen molar-refractivity contribution in [3.63, 3.8) is 0 Å². The number of hydrogen-bond acceptors (Lipinski definition) is 2. The fourth-order valence-electron chi connectivity index (χ4n) is 3.17. The number of fused-ring (bicyclic) bond motifs is 1. The Morgan fingerprint density at radius 3 is 2.21 bits per heavy atom. The van der Waals surface area contributed by atoms with Gasteiger partial charge in [-0.3, -0.25) is 4.90 Å². The van der Waals surface area contributed by atoms with Crippen molar-refractivity contribution >= 4 is 0 Å². The van der Waals surface area contributed by atoms with Crippen LogP contribution in [-0.2, 0) is 0 Å². The molecule has 0 spiro atoms. The van der Waals surface area contributed by atoms with Crippen molar-refractivity contribution in [2.24, 2.45) is 17.3 Å². The lowest BCUT2D eigenvalue weighted by Gasteiger charge is -2.37. The van der Waals surface area contributed by atoms with E-state index in [4.69, 9.17) is 0 Å². The van der Waals surface area contributed by atoms with Crippen molar-refractivity contribution in [1.82, 2.24) is 10.2 Å². The predicted octanol–water partition coefficient (Wildman–Crippen LogP) is 1.57. The van der Waals surface area contributed by atoms with Crippen LogP contribution in [0.3, 0.4) is 0 Å². The molecular formula is C12H24N2. The Morgan fingerprint density at radius 2 is 1.79 bits per heavy atom. The van der Waals surface area contributed by atoms with Gasteiger partial charge in [0, 0.05) is 25.2 Å². The smallest absolute Gasteiger partial charge is 0.0277 e. The maximum atomic E-state index is 3.29. The molecule has 0 bridgehead atoms. The van der Waals surface area contributed by atoms with Crippen molar-refractivity contribution in [3.8, 4) is 0 Å². The van der Waals surface area contributed by atoms with Gasteiger partial charge in [0.2, 0.25) is 0 Å². The van der Waals surface area contributed by atoms with Gasteiger partial charge in [-0.2, -0.15) is 0 Å². The summed E-state index contributed by atoms with van der Waals surface area (Å²) in [4.78, 5) is 2.66. The third-order valence-electron chi connectivity index (χ3n) is 4.59. The predicted molar refractivity (Wildman–Crippen MR) is 60.3 cm³/mol. The third-order valence-corrected chi connectivity index (χ3v) is 4.59. The first-order valence-corrected chi connectivity index (χ1v) is 5.79. The molecule has 1 N–H and O–H groups in total. The number of nitrogens with zero attached hydrogens (tertiary/aromatic N) is 1. The summed E-state index contributed by atoms with van der Waals surface area (Å²) in [5.74, 6) is 1.94. The number of likely N-dealkylation sites (N-methyl/N-ethyl adjacent to an activating group) is 1. The van der Waals surface area contributed by atoms with Crippen molar-refractivity contribution in [2.45, 2.75) is 33.2 Å². The second-order valence-electron chi connectivity index (χ2n) is 6.28. The maximum absolute atomic E-state index is 3.29. The van der Waals surface area contributed by atoms with Crippen LogP contribution in [0.4, 0.5) is 0 Å². The van der Waals surface area contributed by atoms with Crippen LogP contribution in [0.15, 0.2) is 0 Å². The Balaban J connectivity index is 1.93. The Bertz CT molecular complexity index is 218. The summed E-state index contributed by atoms with van der Waals surface area (Å²) in [7, 11) is 2.04. The zero-order valence-electron chi connectivity index (χ0n) is 10.2. The normalized spacial score (nSPS) is 35.8. The Labute approximate surface area is 88.1 Å². The second kappa shape index (κ2) is 2.96. The highest BCUT2D eigenvalue weighted by molar-refractivity contribution is 5.13. The van der Waals surface area contributed by atoms with E-state index in [0.717, 1.165) is 18.4 Å². The van der Waals surface area contributed by atoms with E-state index in [1.165, 1.54) is 13.1 Å². The number of piperidine rings is 1. The van der Waals surface area contributed by atoms with Crippen molar-refractivity contribution in [2.75, 3.05) is 26.7 Å². The Morgan fingerprint density at radius 1 is 1.29 bits per heavy atom. The van der Waals surface area contributed by atoms with Crippen LogP contribution in [0.25, 0.3) is 0 Å². The minimum atomic E-state index is 0.332. The number of rotatable bonds is 3. The van der Waals surface area contributed by atoms with Crippen LogP contribution in [0.2, 0.25) is 0 Å². The van der Waals surface area contributed by atoms with Crippen LogP contribution in [0.1, 0.15) is 27.7 Å². The van der Waals surface area contributed by atoms with Gasteiger partial charge in [-0.1, -0.05) is 13.8 Å². The monoisotopic (exact) mass is 196 g/mol. The average molecular weight is 196 g/mol. The van der Waals surface area contributed by atoms with Gasteiger partial charge in [-0.05, 0) is 38.1 Å². The highest BCUT2D eigenvalue weighted by Gasteiger charge is 2.63. The maximum Gasteiger partial charge on any atom is 0.0277 e. The minimum absolute atomic E-state index is 0.332. The lowest BCUT2D eigenvalue weighted by atomic mass is 9.99. The van der Waals surface area contributed by atoms with E-state index in [0.29, 0.717) is 11.0 Å². The van der Waals surface area contributed by atoms with Crippen LogP contribution in [0.5, 0.6) is 0 Å². The molecule has 0 aromatic heterocycles. The molecule has 2 unspecified atom stereocenters. The quantitative estimate of drug-likeness (QED) is 0.737. The lowest BCUT2D eigenvalue weighted by molar-refractivity contribution is 0.120. The van der Waals surface area contributed by atoms with Gasteiger partial charge in [-0.15, -0.1) is 0 Å². The molecule has 0 radical (unpaired) electrons. The van der Waals surface area contributed by atoms with E-state index in [-0.39, 0.29) is 0 Å². The summed E-state index contributed by atoms with van der Waals surface area (Å²) in [5, 5.41) is 3.29. The van der Waals surface area contributed by atoms with E-state index in [1.807, 2.05) is 7.05 Å². The van der Waals surface area contributed by atoms with Crippen LogP contribution < -0.4 is 5.32 Å². The molecular weight excluding hydrogens is 172 g/mol. The minimum Gasteiger partial charge on any atom is -0.318 e. The molecule has 1 aliphatic carbocycles. The van der Waals surface area contributed by atoms with Gasteiger partial charge in [0.05, 0.1) is 0 Å². The largest absolute Gasteiger partial charge is 0.318 e. The van der Waals surface area contributed by atoms with Crippen LogP contribution in [-0.4, -0.2) is 37.1 Å². The molecule has 82 valence electrons. The molecule has 0 aromatic carbocycles. The Kier molecular flexibility index (Phi) is 2.20. The van der Waals surface area contributed by atoms with Gasteiger partial charge in [-0.25, -0.2) is 0 Å². The number of likely N-dealkylation sites (tertiary alicyclic amines) is 1. The Hall–Kier alpha value is -0.0800. The molecule has 1 heterocycles. The van der Waals surface area contributed by atoms with Gasteiger partial charge < -0.3 is 5.32 Å². The van der Waals surface area contributed by atoms with Crippen molar-refractivity contribution < 1.29 is 0 Å². The second-order valence-corrected chi connectivity index (χ2v) is 6.28. The molecule has 1 aliphatic heterocycles. The molecule has 1 saturated carbocycles. The summed E-state index contributed by atoms with van der Waals surface area (Å²) in [6.07, 6.45) is 0. The fourth-order valence-corrected chi connectivity index (χ4v) is 3.17. The van der Waals surface area contributed by atoms with E-state index in [1.54, 1.807) is 0 Å². The van der Waals surface area contributed by atoms with Crippen LogP contribution >= 0.6 is 0 Å². The third kappa shape index (κ3) is 1.40. The van der Waals surface area contributed by atoms with E-state index < -0.39 is 0 Å². The number of hydrogen-bond donors (Lipinski definition) is 1. The first-order chi connectivity index (χ1) is 6.39. The topological polar surface area (TPSA) is 15.3 Å². The average Bonchev–Trinajstić information content (AvgIpc) is 2.51. The molecule has 2 aliphatic rings. The van der Waals surface area contributed by atoms with Gasteiger partial charge in [0.1, 0.15) is 0 Å². The summed E-state index contributed by atoms with van der Waals surface area (Å²) < 4.78 is 0. The zero-order chi connectivity index (χ0) is 10.6. The van der Waals surface area contributed by atoms with Crippen molar-refractivity contribution in [1.29, 1.82) is 0 Å². The highest BCUT2D eigenvalue weighted by atomic mass is 15.3. The summed E-state index contributed by atoms with van der Waals surface area (Å²) in [5.41, 5.74) is 0.977. The molecule has 0 amide bonds. The molecule has 0 aromatic rings. The number of nitrogens with one attached hydrogen (secondary N) is 1. The summed E-state index contributed by atoms with van der Waals surface area (Å²) in [6, 6.07) is 0. The highest BCUT2D eigenvalue weighted by Crippen LogP contribution is 2.62. The SMILES string of the molecule is CNCC(C)(C)N1CC2C(C1)C2(C)C. The molecule has 2 nitrogen and oxygen atoms in total. The van der Waals surface area contributed by atoms with Crippen LogP contribution in [0, 0.1) is 17.3 Å². The molecule has 2 atom stereocenters. The molecule has 2 heteroatoms. The first kappa shape index (κ1) is 10.4. The van der Waals surface area contributed by atoms with Crippen molar-refractivity contribution in [3.05, 3.63) is 0 Å². The van der Waals surface area contributed by atoms with Gasteiger partial charge >= 0.3 is 0 Å². The molecule has 2 rings (SSSR count). The van der Waals surface area contributed by atoms with Gasteiger partial charge in [0.25, 0.3) is 0 Å². The fraction of sp³-hybridized carbons (Fsp3) is 1.00. The zero-order valence-corrected chi connectivity index (χ0v) is 10.2. The molecule has 2 fully saturated rings. The molecule has 1 saturated heterocycles. The van der Waals surface area contributed by atoms with Gasteiger partial charge in [0.15, 0.2) is 0 Å². The standard InChI is InChI=1S/C12H24N2/c1-11(2,8-13-5)14-6-9-10(7-14)12(9,3)4/h9-10,13H,6-8H2,1-5H3. The summed E-state index contributed by atoms with van der Waals surface area (Å²) >= 11 is 0.